The third-order valence-electron chi connectivity index (χ3n) is 1.68. The second kappa shape index (κ2) is 1.67. The van der Waals surface area contributed by atoms with Crippen LogP contribution in [0.4, 0.5) is 0 Å². The summed E-state index contributed by atoms with van der Waals surface area (Å²) in [6.07, 6.45) is 0. The van der Waals surface area contributed by atoms with Gasteiger partial charge in [-0.3, -0.25) is 0 Å². The first kappa shape index (κ1) is 6.84. The number of hydrogen-bond acceptors (Lipinski definition) is 6. The van der Waals surface area contributed by atoms with Crippen LogP contribution in [0, 0.1) is 0 Å². The number of phenolic OH excluding ortho intramolecular Hbond substituents is 1. The zero-order valence-electron chi connectivity index (χ0n) is 5.97. The molecular weight excluding hydrogens is 200 g/mol. The molecule has 0 bridgehead atoms. The predicted octanol–water partition coefficient (Wildman–Crippen LogP) is 0.514. The van der Waals surface area contributed by atoms with E-state index in [9.17, 15) is 13.5 Å². The highest BCUT2D eigenvalue weighted by atomic mass is 32.3. The fourth-order valence-corrected chi connectivity index (χ4v) is 1.88. The average Bonchev–Trinajstić information content (AvgIpc) is 2.68. The van der Waals surface area contributed by atoms with Gasteiger partial charge in [0, 0.05) is 6.07 Å². The summed E-state index contributed by atoms with van der Waals surface area (Å²) in [6.45, 7) is 0. The maximum atomic E-state index is 10.8. The maximum Gasteiger partial charge on any atom is 0.501 e. The number of aromatic hydroxyl groups is 1. The lowest BCUT2D eigenvalue weighted by Gasteiger charge is -1.91. The highest BCUT2D eigenvalue weighted by Gasteiger charge is 2.42. The molecule has 68 valence electrons. The molecule has 0 aromatic heterocycles. The standard InChI is InChI=1S/C6H2O6S/c7-2-1-3-5(10-3)6-4(2)11-13(8,9)12-6/h1,7H. The zero-order chi connectivity index (χ0) is 9.22. The Labute approximate surface area is 72.6 Å². The molecule has 1 aromatic carbocycles. The first-order valence-corrected chi connectivity index (χ1v) is 4.62. The number of fused-ring (bicyclic) bond motifs is 3. The number of hydrogen-bond donors (Lipinski definition) is 1. The van der Waals surface area contributed by atoms with Crippen molar-refractivity contribution < 1.29 is 26.6 Å². The van der Waals surface area contributed by atoms with E-state index in [1.807, 2.05) is 0 Å². The van der Waals surface area contributed by atoms with Crippen LogP contribution >= 0.6 is 0 Å². The Balaban J connectivity index is 2.31. The van der Waals surface area contributed by atoms with E-state index >= 15 is 0 Å². The summed E-state index contributed by atoms with van der Waals surface area (Å²) in [4.78, 5) is 0. The monoisotopic (exact) mass is 202 g/mol. The molecule has 7 heteroatoms. The van der Waals surface area contributed by atoms with Crippen molar-refractivity contribution >= 4 is 10.4 Å². The highest BCUT2D eigenvalue weighted by molar-refractivity contribution is 7.82. The van der Waals surface area contributed by atoms with E-state index in [-0.39, 0.29) is 17.2 Å². The largest absolute Gasteiger partial charge is 0.504 e. The van der Waals surface area contributed by atoms with Crippen LogP contribution in [0.25, 0.3) is 0 Å². The molecule has 1 aromatic rings. The Bertz CT molecular complexity index is 503. The molecule has 2 aliphatic rings. The normalized spacial score (nSPS) is 19.1. The molecule has 1 N–H and O–H groups in total. The van der Waals surface area contributed by atoms with E-state index < -0.39 is 10.4 Å². The van der Waals surface area contributed by atoms with Crippen LogP contribution in [0.15, 0.2) is 6.07 Å². The SMILES string of the molecule is O=S1(=O)Oc2c(O)cc3c(c2O1)O3. The quantitative estimate of drug-likeness (QED) is 0.626. The molecule has 0 saturated heterocycles. The molecule has 13 heavy (non-hydrogen) atoms. The first-order chi connectivity index (χ1) is 6.07. The second-order valence-corrected chi connectivity index (χ2v) is 3.71. The van der Waals surface area contributed by atoms with Crippen molar-refractivity contribution in [3.63, 3.8) is 0 Å². The molecule has 0 saturated carbocycles. The van der Waals surface area contributed by atoms with Gasteiger partial charge < -0.3 is 18.2 Å². The lowest BCUT2D eigenvalue weighted by Crippen LogP contribution is -2.08. The van der Waals surface area contributed by atoms with Crippen LogP contribution in [-0.4, -0.2) is 13.5 Å². The van der Waals surface area contributed by atoms with Gasteiger partial charge in [0.1, 0.15) is 0 Å². The third-order valence-corrected chi connectivity index (χ3v) is 2.42. The van der Waals surface area contributed by atoms with Crippen molar-refractivity contribution in [3.8, 4) is 28.7 Å². The van der Waals surface area contributed by atoms with Gasteiger partial charge in [-0.25, -0.2) is 0 Å². The smallest absolute Gasteiger partial charge is 0.501 e. The van der Waals surface area contributed by atoms with Crippen molar-refractivity contribution in [1.29, 1.82) is 0 Å². The molecule has 3 rings (SSSR count). The van der Waals surface area contributed by atoms with Gasteiger partial charge in [-0.1, -0.05) is 0 Å². The van der Waals surface area contributed by atoms with Gasteiger partial charge in [0.05, 0.1) is 0 Å². The Kier molecular flexibility index (Phi) is 0.877. The summed E-state index contributed by atoms with van der Waals surface area (Å²) >= 11 is 0. The molecule has 0 unspecified atom stereocenters. The van der Waals surface area contributed by atoms with Crippen LogP contribution < -0.4 is 13.1 Å². The summed E-state index contributed by atoms with van der Waals surface area (Å²) < 4.78 is 35.2. The molecule has 0 atom stereocenters. The fraction of sp³-hybridized carbons (Fsp3) is 0. The highest BCUT2D eigenvalue weighted by Crippen LogP contribution is 2.62. The van der Waals surface area contributed by atoms with Crippen molar-refractivity contribution in [2.45, 2.75) is 0 Å². The molecular formula is C6H2O6S. The number of benzene rings is 1. The van der Waals surface area contributed by atoms with E-state index in [2.05, 4.69) is 8.37 Å². The Morgan fingerprint density at radius 2 is 1.85 bits per heavy atom. The van der Waals surface area contributed by atoms with Gasteiger partial charge in [-0.15, -0.1) is 8.42 Å². The Morgan fingerprint density at radius 3 is 2.62 bits per heavy atom. The first-order valence-electron chi connectivity index (χ1n) is 3.28. The van der Waals surface area contributed by atoms with Gasteiger partial charge in [0.15, 0.2) is 11.5 Å². The topological polar surface area (TPSA) is 85.4 Å². The summed E-state index contributed by atoms with van der Waals surface area (Å²) in [6, 6.07) is 1.26. The van der Waals surface area contributed by atoms with Gasteiger partial charge in [-0.05, 0) is 0 Å². The van der Waals surface area contributed by atoms with E-state index in [0.29, 0.717) is 11.5 Å². The Hall–Kier alpha value is -1.63. The molecule has 0 fully saturated rings. The summed E-state index contributed by atoms with van der Waals surface area (Å²) in [7, 11) is -4.06. The van der Waals surface area contributed by atoms with E-state index in [4.69, 9.17) is 4.74 Å². The van der Waals surface area contributed by atoms with Gasteiger partial charge in [-0.2, -0.15) is 0 Å². The molecule has 2 heterocycles. The van der Waals surface area contributed by atoms with Gasteiger partial charge in [0.25, 0.3) is 0 Å². The second-order valence-electron chi connectivity index (χ2n) is 2.56. The van der Waals surface area contributed by atoms with E-state index in [1.54, 1.807) is 0 Å². The molecule has 0 radical (unpaired) electrons. The van der Waals surface area contributed by atoms with Crippen LogP contribution in [0.5, 0.6) is 28.7 Å². The number of ether oxygens (including phenoxy) is 1. The van der Waals surface area contributed by atoms with Gasteiger partial charge >= 0.3 is 10.4 Å². The lowest BCUT2D eigenvalue weighted by atomic mass is 10.3. The summed E-state index contributed by atoms with van der Waals surface area (Å²) in [5.41, 5.74) is 0. The third kappa shape index (κ3) is 0.788. The van der Waals surface area contributed by atoms with Crippen LogP contribution in [0.2, 0.25) is 0 Å². The van der Waals surface area contributed by atoms with Crippen LogP contribution in [0.1, 0.15) is 0 Å². The predicted molar refractivity (Wildman–Crippen MR) is 38.4 cm³/mol. The Morgan fingerprint density at radius 1 is 1.15 bits per heavy atom. The molecule has 0 aliphatic carbocycles. The fourth-order valence-electron chi connectivity index (χ4n) is 1.12. The van der Waals surface area contributed by atoms with Crippen molar-refractivity contribution in [2.75, 3.05) is 0 Å². The zero-order valence-corrected chi connectivity index (χ0v) is 6.79. The number of phenols is 1. The molecule has 2 aliphatic heterocycles. The van der Waals surface area contributed by atoms with Crippen LogP contribution in [-0.2, 0) is 10.4 Å². The number of rotatable bonds is 0. The van der Waals surface area contributed by atoms with Crippen molar-refractivity contribution in [1.82, 2.24) is 0 Å². The molecule has 6 nitrogen and oxygen atoms in total. The van der Waals surface area contributed by atoms with E-state index in [0.717, 1.165) is 0 Å². The minimum Gasteiger partial charge on any atom is -0.504 e. The minimum absolute atomic E-state index is 0.0741. The van der Waals surface area contributed by atoms with E-state index in [1.165, 1.54) is 6.07 Å². The lowest BCUT2D eigenvalue weighted by molar-refractivity contribution is 0.417. The van der Waals surface area contributed by atoms with Crippen molar-refractivity contribution in [2.24, 2.45) is 0 Å². The maximum absolute atomic E-state index is 10.8. The van der Waals surface area contributed by atoms with Crippen LogP contribution in [0.3, 0.4) is 0 Å². The summed E-state index contributed by atoms with van der Waals surface area (Å²) in [5, 5.41) is 9.23. The molecule has 0 amide bonds. The van der Waals surface area contributed by atoms with Gasteiger partial charge in [0.2, 0.25) is 17.2 Å². The summed E-state index contributed by atoms with van der Waals surface area (Å²) in [5.74, 6) is 0.101. The minimum atomic E-state index is -4.06. The van der Waals surface area contributed by atoms with Crippen molar-refractivity contribution in [3.05, 3.63) is 6.07 Å². The molecule has 0 spiro atoms. The average molecular weight is 202 g/mol.